The van der Waals surface area contributed by atoms with Crippen LogP contribution in [-0.2, 0) is 14.3 Å². The largest absolute Gasteiger partial charge is 0.497 e. The second-order valence-corrected chi connectivity index (χ2v) is 5.33. The first-order valence-electron chi connectivity index (χ1n) is 6.71. The van der Waals surface area contributed by atoms with Gasteiger partial charge in [0.2, 0.25) is 0 Å². The first kappa shape index (κ1) is 16.8. The fraction of sp³-hybridized carbons (Fsp3) is 0.267. The molecular formula is C15H16N2O5S. The summed E-state index contributed by atoms with van der Waals surface area (Å²) in [6.45, 7) is 1.15. The molecule has 0 radical (unpaired) electrons. The van der Waals surface area contributed by atoms with Crippen molar-refractivity contribution in [2.24, 2.45) is 0 Å². The van der Waals surface area contributed by atoms with Crippen molar-refractivity contribution in [1.82, 2.24) is 4.98 Å². The van der Waals surface area contributed by atoms with Crippen molar-refractivity contribution in [2.45, 2.75) is 6.92 Å². The number of aromatic nitrogens is 1. The van der Waals surface area contributed by atoms with E-state index in [1.165, 1.54) is 11.3 Å². The fourth-order valence-corrected chi connectivity index (χ4v) is 2.27. The Labute approximate surface area is 137 Å². The number of rotatable bonds is 7. The Hall–Kier alpha value is -2.61. The zero-order valence-corrected chi connectivity index (χ0v) is 13.5. The molecule has 2 rings (SSSR count). The van der Waals surface area contributed by atoms with Crippen molar-refractivity contribution in [2.75, 3.05) is 25.6 Å². The predicted octanol–water partition coefficient (Wildman–Crippen LogP) is 2.02. The van der Waals surface area contributed by atoms with Crippen LogP contribution in [-0.4, -0.2) is 37.2 Å². The van der Waals surface area contributed by atoms with Gasteiger partial charge in [-0.2, -0.15) is 0 Å². The number of amides is 1. The van der Waals surface area contributed by atoms with E-state index >= 15 is 0 Å². The molecule has 0 atom stereocenters. The molecule has 8 heteroatoms. The van der Waals surface area contributed by atoms with Crippen LogP contribution >= 0.6 is 11.3 Å². The van der Waals surface area contributed by atoms with Crippen LogP contribution in [0.4, 0.5) is 5.13 Å². The monoisotopic (exact) mass is 336 g/mol. The van der Waals surface area contributed by atoms with Crippen LogP contribution in [0.25, 0.3) is 0 Å². The zero-order valence-electron chi connectivity index (χ0n) is 12.7. The zero-order chi connectivity index (χ0) is 16.7. The van der Waals surface area contributed by atoms with E-state index in [0.29, 0.717) is 16.6 Å². The third kappa shape index (κ3) is 5.59. The van der Waals surface area contributed by atoms with Gasteiger partial charge in [0.05, 0.1) is 12.8 Å². The minimum absolute atomic E-state index is 0.282. The molecule has 0 aliphatic carbocycles. The summed E-state index contributed by atoms with van der Waals surface area (Å²) in [6, 6.07) is 6.77. The minimum atomic E-state index is -0.633. The maximum atomic E-state index is 11.6. The number of benzene rings is 1. The summed E-state index contributed by atoms with van der Waals surface area (Å²) in [5.41, 5.74) is 0.815. The highest BCUT2D eigenvalue weighted by Gasteiger charge is 2.10. The quantitative estimate of drug-likeness (QED) is 0.779. The predicted molar refractivity (Wildman–Crippen MR) is 84.9 cm³/mol. The fourth-order valence-electron chi connectivity index (χ4n) is 1.57. The van der Waals surface area contributed by atoms with Crippen LogP contribution < -0.4 is 14.8 Å². The normalized spacial score (nSPS) is 10.0. The number of methoxy groups -OCH3 is 1. The number of aryl methyl sites for hydroxylation is 1. The third-order valence-electron chi connectivity index (χ3n) is 2.65. The first-order chi connectivity index (χ1) is 11.1. The van der Waals surface area contributed by atoms with Crippen molar-refractivity contribution in [3.63, 3.8) is 0 Å². The molecule has 7 nitrogen and oxygen atoms in total. The lowest BCUT2D eigenvalue weighted by molar-refractivity contribution is -0.149. The van der Waals surface area contributed by atoms with Gasteiger partial charge in [0.25, 0.3) is 5.91 Å². The number of esters is 1. The molecule has 1 aromatic carbocycles. The van der Waals surface area contributed by atoms with Gasteiger partial charge < -0.3 is 14.2 Å². The van der Waals surface area contributed by atoms with Crippen molar-refractivity contribution in [3.05, 3.63) is 35.3 Å². The van der Waals surface area contributed by atoms with Crippen molar-refractivity contribution in [1.29, 1.82) is 0 Å². The number of nitrogens with one attached hydrogen (secondary N) is 1. The molecular weight excluding hydrogens is 320 g/mol. The van der Waals surface area contributed by atoms with Gasteiger partial charge in [-0.15, -0.1) is 11.3 Å². The molecule has 0 fully saturated rings. The number of carbonyl (C=O) groups excluding carboxylic acids is 2. The molecule has 1 N–H and O–H groups in total. The van der Waals surface area contributed by atoms with Crippen LogP contribution in [0, 0.1) is 6.92 Å². The number of nitrogens with zero attached hydrogens (tertiary/aromatic N) is 1. The Morgan fingerprint density at radius 2 is 1.87 bits per heavy atom. The number of hydrogen-bond acceptors (Lipinski definition) is 7. The number of ether oxygens (including phenoxy) is 3. The molecule has 23 heavy (non-hydrogen) atoms. The Kier molecular flexibility index (Phi) is 5.93. The van der Waals surface area contributed by atoms with Crippen molar-refractivity contribution >= 4 is 28.3 Å². The van der Waals surface area contributed by atoms with Crippen LogP contribution in [0.3, 0.4) is 0 Å². The third-order valence-corrected chi connectivity index (χ3v) is 3.52. The van der Waals surface area contributed by atoms with E-state index in [-0.39, 0.29) is 13.2 Å². The van der Waals surface area contributed by atoms with E-state index in [9.17, 15) is 9.59 Å². The van der Waals surface area contributed by atoms with Gasteiger partial charge >= 0.3 is 5.97 Å². The van der Waals surface area contributed by atoms with Gasteiger partial charge in [0, 0.05) is 5.38 Å². The summed E-state index contributed by atoms with van der Waals surface area (Å²) in [7, 11) is 1.56. The van der Waals surface area contributed by atoms with Gasteiger partial charge in [-0.3, -0.25) is 10.1 Å². The highest BCUT2D eigenvalue weighted by atomic mass is 32.1. The number of hydrogen-bond donors (Lipinski definition) is 1. The van der Waals surface area contributed by atoms with Gasteiger partial charge in [-0.1, -0.05) is 0 Å². The van der Waals surface area contributed by atoms with Crippen LogP contribution in [0.1, 0.15) is 5.69 Å². The van der Waals surface area contributed by atoms with Crippen LogP contribution in [0.15, 0.2) is 29.6 Å². The molecule has 1 heterocycles. The summed E-state index contributed by atoms with van der Waals surface area (Å²) in [5.74, 6) is 0.114. The van der Waals surface area contributed by atoms with E-state index in [0.717, 1.165) is 5.69 Å². The molecule has 0 aliphatic rings. The van der Waals surface area contributed by atoms with Crippen molar-refractivity contribution in [3.8, 4) is 11.5 Å². The molecule has 0 bridgehead atoms. The van der Waals surface area contributed by atoms with Gasteiger partial charge in [0.1, 0.15) is 11.5 Å². The topological polar surface area (TPSA) is 86.8 Å². The average molecular weight is 336 g/mol. The smallest absolute Gasteiger partial charge is 0.344 e. The second-order valence-electron chi connectivity index (χ2n) is 4.47. The molecule has 0 saturated carbocycles. The van der Waals surface area contributed by atoms with Crippen LogP contribution in [0.2, 0.25) is 0 Å². The Morgan fingerprint density at radius 1 is 1.17 bits per heavy atom. The summed E-state index contributed by atoms with van der Waals surface area (Å²) in [4.78, 5) is 27.2. The maximum absolute atomic E-state index is 11.6. The lowest BCUT2D eigenvalue weighted by Crippen LogP contribution is -2.23. The van der Waals surface area contributed by atoms with E-state index in [2.05, 4.69) is 10.3 Å². The summed E-state index contributed by atoms with van der Waals surface area (Å²) < 4.78 is 15.1. The van der Waals surface area contributed by atoms with Gasteiger partial charge in [-0.25, -0.2) is 9.78 Å². The summed E-state index contributed by atoms with van der Waals surface area (Å²) >= 11 is 1.30. The van der Waals surface area contributed by atoms with Gasteiger partial charge in [0.15, 0.2) is 18.3 Å². The highest BCUT2D eigenvalue weighted by Crippen LogP contribution is 2.17. The summed E-state index contributed by atoms with van der Waals surface area (Å²) in [6.07, 6.45) is 0. The Bertz CT molecular complexity index is 669. The van der Waals surface area contributed by atoms with Crippen LogP contribution in [0.5, 0.6) is 11.5 Å². The standard InChI is InChI=1S/C15H16N2O5S/c1-10-9-23-15(16-10)17-13(18)7-22-14(19)8-21-12-5-3-11(20-2)4-6-12/h3-6,9H,7-8H2,1-2H3,(H,16,17,18). The number of anilines is 1. The molecule has 1 amide bonds. The van der Waals surface area contributed by atoms with E-state index in [4.69, 9.17) is 14.2 Å². The first-order valence-corrected chi connectivity index (χ1v) is 7.59. The molecule has 122 valence electrons. The van der Waals surface area contributed by atoms with E-state index in [1.807, 2.05) is 12.3 Å². The second kappa shape index (κ2) is 8.14. The highest BCUT2D eigenvalue weighted by molar-refractivity contribution is 7.13. The summed E-state index contributed by atoms with van der Waals surface area (Å²) in [5, 5.41) is 4.82. The number of thiazole rings is 1. The maximum Gasteiger partial charge on any atom is 0.344 e. The Morgan fingerprint density at radius 3 is 2.48 bits per heavy atom. The van der Waals surface area contributed by atoms with E-state index in [1.54, 1.807) is 31.4 Å². The SMILES string of the molecule is COc1ccc(OCC(=O)OCC(=O)Nc2nc(C)cs2)cc1. The van der Waals surface area contributed by atoms with E-state index < -0.39 is 11.9 Å². The lowest BCUT2D eigenvalue weighted by atomic mass is 10.3. The molecule has 2 aromatic rings. The minimum Gasteiger partial charge on any atom is -0.497 e. The average Bonchev–Trinajstić information content (AvgIpc) is 2.96. The number of carbonyl (C=O) groups is 2. The molecule has 1 aromatic heterocycles. The molecule has 0 spiro atoms. The molecule has 0 aliphatic heterocycles. The molecule has 0 unspecified atom stereocenters. The Balaban J connectivity index is 1.68. The van der Waals surface area contributed by atoms with Crippen molar-refractivity contribution < 1.29 is 23.8 Å². The lowest BCUT2D eigenvalue weighted by Gasteiger charge is -2.07. The molecule has 0 saturated heterocycles. The van der Waals surface area contributed by atoms with Gasteiger partial charge in [-0.05, 0) is 31.2 Å².